The first-order valence-electron chi connectivity index (χ1n) is 35.5. The molecule has 0 rings (SSSR count). The number of hydrogen-bond donors (Lipinski definition) is 13. The van der Waals surface area contributed by atoms with Crippen LogP contribution >= 0.6 is 0 Å². The molecule has 0 unspecified atom stereocenters. The van der Waals surface area contributed by atoms with Crippen molar-refractivity contribution in [2.45, 2.75) is 301 Å². The molecule has 0 aromatic heterocycles. The molecule has 0 saturated carbocycles. The van der Waals surface area contributed by atoms with Gasteiger partial charge in [0, 0.05) is 39.1 Å². The van der Waals surface area contributed by atoms with E-state index in [2.05, 4.69) is 52.7 Å². The largest absolute Gasteiger partial charge is 0.396 e. The minimum Gasteiger partial charge on any atom is -0.396 e. The van der Waals surface area contributed by atoms with E-state index in [1.165, 1.54) is 186 Å². The van der Waals surface area contributed by atoms with Crippen LogP contribution in [0.25, 0.3) is 0 Å². The van der Waals surface area contributed by atoms with Crippen LogP contribution in [0, 0.1) is 5.92 Å². The van der Waals surface area contributed by atoms with Gasteiger partial charge in [0.2, 0.25) is 11.8 Å². The lowest BCUT2D eigenvalue weighted by Crippen LogP contribution is -2.48. The van der Waals surface area contributed by atoms with Crippen molar-refractivity contribution in [1.29, 1.82) is 0 Å². The summed E-state index contributed by atoms with van der Waals surface area (Å²) in [6.07, 6.45) is 46.9. The second-order valence-corrected chi connectivity index (χ2v) is 24.5. The van der Waals surface area contributed by atoms with Crippen LogP contribution in [0.15, 0.2) is 0 Å². The maximum absolute atomic E-state index is 12.5. The van der Waals surface area contributed by atoms with Gasteiger partial charge in [-0.05, 0) is 169 Å². The lowest BCUT2D eigenvalue weighted by molar-refractivity contribution is -0.312. The average Bonchev–Trinajstić information content (AvgIpc) is 3.60. The number of nitrogens with one attached hydrogen (secondary N) is 9. The fourth-order valence-electron chi connectivity index (χ4n) is 11.0. The van der Waals surface area contributed by atoms with Crippen molar-refractivity contribution in [3.05, 3.63) is 0 Å². The van der Waals surface area contributed by atoms with Crippen molar-refractivity contribution < 1.29 is 39.8 Å². The predicted octanol–water partition coefficient (Wildman–Crippen LogP) is 10.5. The highest BCUT2D eigenvalue weighted by Gasteiger charge is 2.33. The molecule has 17 nitrogen and oxygen atoms in total. The van der Waals surface area contributed by atoms with Crippen LogP contribution in [0.3, 0.4) is 0 Å². The SMILES string of the molecule is CNCCCNCCCCNCC(CCCCCCNC(=O)CCCCCCCCCCCCCCCCCCCCCCCNC(=O)CCCCCCCCCCCNC(=O)[C@H](O)[C@@H](OO)[C@H](O)CCO)CNCCCCNCCCNC. The monoisotopic (exact) mass is 1200 g/mol. The van der Waals surface area contributed by atoms with Crippen LogP contribution in [-0.4, -0.2) is 162 Å². The van der Waals surface area contributed by atoms with Crippen LogP contribution < -0.4 is 47.9 Å². The van der Waals surface area contributed by atoms with Gasteiger partial charge in [-0.15, -0.1) is 0 Å². The first-order chi connectivity index (χ1) is 41.3. The Labute approximate surface area is 515 Å². The number of unbranched alkanes of at least 4 members (excludes halogenated alkanes) is 33. The van der Waals surface area contributed by atoms with Crippen molar-refractivity contribution in [2.75, 3.05) is 106 Å². The van der Waals surface area contributed by atoms with E-state index in [1.54, 1.807) is 0 Å². The molecule has 0 aromatic carbocycles. The van der Waals surface area contributed by atoms with Gasteiger partial charge in [0.25, 0.3) is 5.91 Å². The van der Waals surface area contributed by atoms with Gasteiger partial charge in [-0.2, -0.15) is 0 Å². The minimum absolute atomic E-state index is 0.126. The van der Waals surface area contributed by atoms with Crippen molar-refractivity contribution in [2.24, 2.45) is 5.92 Å². The number of carbonyl (C=O) groups excluding carboxylic acids is 3. The molecule has 13 N–H and O–H groups in total. The molecule has 0 heterocycles. The maximum atomic E-state index is 12.5. The zero-order chi connectivity index (χ0) is 61.1. The standard InChI is InChI=1S/C67H139N9O8/c1-68-47-41-53-70-49-37-39-51-72-59-61(60-73-52-40-38-50-71-54-42-48-69-2)43-31-27-30-35-56-75-64(80)45-32-25-21-17-14-12-10-8-6-4-3-5-7-9-11-13-15-19-23-28-34-55-74-63(79)44-33-26-22-18-16-20-24-29-36-57-76-67(82)65(81)66(84-83)62(78)46-58-77/h61-62,65-66,68-73,77-78,81,83H,3-60H2,1-2H3,(H,74,79)(H,75,80)(H,76,82)/t62-,65-,66+/m1/s1. The summed E-state index contributed by atoms with van der Waals surface area (Å²) in [5, 5.41) is 67.6. The highest BCUT2D eigenvalue weighted by molar-refractivity contribution is 5.81. The summed E-state index contributed by atoms with van der Waals surface area (Å²) in [5.74, 6) is 0.378. The third kappa shape index (κ3) is 60.3. The fraction of sp³-hybridized carbons (Fsp3) is 0.955. The predicted molar refractivity (Wildman–Crippen MR) is 352 cm³/mol. The van der Waals surface area contributed by atoms with Gasteiger partial charge in [0.05, 0.1) is 6.10 Å². The zero-order valence-electron chi connectivity index (χ0n) is 54.7. The number of hydrogen-bond acceptors (Lipinski definition) is 14. The Morgan fingerprint density at radius 2 is 0.643 bits per heavy atom. The fourth-order valence-corrected chi connectivity index (χ4v) is 11.0. The number of aliphatic hydroxyl groups is 3. The molecule has 17 heteroatoms. The highest BCUT2D eigenvalue weighted by Crippen LogP contribution is 2.17. The molecule has 0 spiro atoms. The van der Waals surface area contributed by atoms with Gasteiger partial charge in [0.1, 0.15) is 0 Å². The Kier molecular flexibility index (Phi) is 66.8. The molecule has 0 bridgehead atoms. The van der Waals surface area contributed by atoms with E-state index in [0.29, 0.717) is 25.3 Å². The zero-order valence-corrected chi connectivity index (χ0v) is 54.7. The van der Waals surface area contributed by atoms with E-state index in [4.69, 9.17) is 10.4 Å². The average molecular weight is 1200 g/mol. The molecule has 0 aromatic rings. The lowest BCUT2D eigenvalue weighted by atomic mass is 10.00. The number of rotatable bonds is 71. The normalized spacial score (nSPS) is 12.8. The van der Waals surface area contributed by atoms with Crippen molar-refractivity contribution >= 4 is 17.7 Å². The van der Waals surface area contributed by atoms with Crippen LogP contribution in [0.1, 0.15) is 283 Å². The van der Waals surface area contributed by atoms with E-state index in [-0.39, 0.29) is 24.8 Å². The first-order valence-corrected chi connectivity index (χ1v) is 35.5. The minimum atomic E-state index is -1.73. The van der Waals surface area contributed by atoms with Crippen molar-refractivity contribution in [3.63, 3.8) is 0 Å². The second kappa shape index (κ2) is 68.5. The van der Waals surface area contributed by atoms with Gasteiger partial charge in [-0.1, -0.05) is 186 Å². The Bertz CT molecular complexity index is 1340. The van der Waals surface area contributed by atoms with Gasteiger partial charge < -0.3 is 63.2 Å². The molecular formula is C67H139N9O8. The van der Waals surface area contributed by atoms with Crippen molar-refractivity contribution in [3.8, 4) is 0 Å². The summed E-state index contributed by atoms with van der Waals surface area (Å²) in [4.78, 5) is 40.8. The van der Waals surface area contributed by atoms with Crippen molar-refractivity contribution in [1.82, 2.24) is 47.9 Å². The van der Waals surface area contributed by atoms with Gasteiger partial charge >= 0.3 is 0 Å². The molecule has 84 heavy (non-hydrogen) atoms. The molecule has 0 aliphatic carbocycles. The van der Waals surface area contributed by atoms with Gasteiger partial charge in [0.15, 0.2) is 12.2 Å². The summed E-state index contributed by atoms with van der Waals surface area (Å²) in [7, 11) is 4.03. The van der Waals surface area contributed by atoms with E-state index in [9.17, 15) is 24.6 Å². The summed E-state index contributed by atoms with van der Waals surface area (Å²) >= 11 is 0. The first kappa shape index (κ1) is 82.0. The summed E-state index contributed by atoms with van der Waals surface area (Å²) in [5.41, 5.74) is 0. The highest BCUT2D eigenvalue weighted by atomic mass is 17.1. The number of amides is 3. The Hall–Kier alpha value is -2.03. The van der Waals surface area contributed by atoms with Gasteiger partial charge in [-0.3, -0.25) is 19.6 Å². The quantitative estimate of drug-likeness (QED) is 0.0154. The molecule has 0 aliphatic rings. The van der Waals surface area contributed by atoms with Crippen LogP contribution in [-0.2, 0) is 19.3 Å². The summed E-state index contributed by atoms with van der Waals surface area (Å²) in [6, 6.07) is 0. The maximum Gasteiger partial charge on any atom is 0.251 e. The van der Waals surface area contributed by atoms with E-state index in [1.807, 2.05) is 14.1 Å². The van der Waals surface area contributed by atoms with Crippen LogP contribution in [0.5, 0.6) is 0 Å². The Balaban J connectivity index is 3.57. The topological polar surface area (TPSA) is 250 Å². The molecule has 0 fully saturated rings. The van der Waals surface area contributed by atoms with Crippen LogP contribution in [0.2, 0.25) is 0 Å². The molecule has 0 radical (unpaired) electrons. The lowest BCUT2D eigenvalue weighted by Gasteiger charge is -2.23. The van der Waals surface area contributed by atoms with Gasteiger partial charge in [-0.25, -0.2) is 4.89 Å². The molecular weight excluding hydrogens is 1060 g/mol. The molecule has 500 valence electrons. The third-order valence-electron chi connectivity index (χ3n) is 16.5. The van der Waals surface area contributed by atoms with E-state index >= 15 is 0 Å². The Morgan fingerprint density at radius 1 is 0.345 bits per heavy atom. The third-order valence-corrected chi connectivity index (χ3v) is 16.5. The summed E-state index contributed by atoms with van der Waals surface area (Å²) in [6.45, 7) is 12.7. The number of carbonyl (C=O) groups is 3. The molecule has 3 amide bonds. The summed E-state index contributed by atoms with van der Waals surface area (Å²) < 4.78 is 0. The molecule has 0 aliphatic heterocycles. The smallest absolute Gasteiger partial charge is 0.251 e. The molecule has 3 atom stereocenters. The van der Waals surface area contributed by atoms with Crippen LogP contribution in [0.4, 0.5) is 0 Å². The second-order valence-electron chi connectivity index (χ2n) is 24.5. The number of aliphatic hydroxyl groups excluding tert-OH is 3. The van der Waals surface area contributed by atoms with E-state index < -0.39 is 24.2 Å². The molecule has 0 saturated heterocycles. The van der Waals surface area contributed by atoms with E-state index in [0.717, 1.165) is 156 Å². The Morgan fingerprint density at radius 3 is 0.988 bits per heavy atom.